The standard InChI is InChI=1S/C90H109O7P/c1-85(2,3)70-44-58-38-60-46-71(86(4,5)6)48-62(80(60)93-20)40-64-50-73(88(10,11)12)52-66(82(64)95-22)42-68-54-75(90(16,17)18)55-69(84(68)97-56-57-31-30-36-78(37-57)98(91,76-32-26-24-27-33-76)77-34-28-25-29-35-77)43-67-53-74(89(13,14)15)51-65(83(67)96-23)41-63-49-72(87(7,8)9)47-61(81(63)94-21)39-59(45-70)79(58)92-19/h24-37,44-55H,38-43,56H2,1-23H3. The second-order valence-electron chi connectivity index (χ2n) is 33.6. The summed E-state index contributed by atoms with van der Waals surface area (Å²) in [6, 6.07) is 56.4. The summed E-state index contributed by atoms with van der Waals surface area (Å²) in [6.07, 6.45) is 3.23. The predicted octanol–water partition coefficient (Wildman–Crippen LogP) is 20.6. The van der Waals surface area contributed by atoms with Crippen molar-refractivity contribution in [2.45, 2.75) is 202 Å². The van der Waals surface area contributed by atoms with Gasteiger partial charge in [0.15, 0.2) is 7.14 Å². The maximum absolute atomic E-state index is 16.0. The summed E-state index contributed by atoms with van der Waals surface area (Å²) in [5, 5.41) is 2.31. The van der Waals surface area contributed by atoms with Gasteiger partial charge in [0.05, 0.1) is 35.5 Å². The van der Waals surface area contributed by atoms with E-state index in [9.17, 15) is 0 Å². The fraction of sp³-hybridized carbons (Fsp3) is 0.400. The molecule has 98 heavy (non-hydrogen) atoms. The molecule has 1 aliphatic carbocycles. The molecule has 1 aliphatic rings. The van der Waals surface area contributed by atoms with Crippen molar-refractivity contribution in [1.82, 2.24) is 0 Å². The first-order valence-corrected chi connectivity index (χ1v) is 36.8. The average molecular weight is 1330 g/mol. The SMILES string of the molecule is COc1c2cc(C(C)(C)C)cc1Cc1cc(C(C)(C)C)cc(c1OC)Cc1cc(C(C)(C)C)cc(c1OC)Cc1cc(C(C)(C)C)cc(c1OCc1cccc(P(=O)(c3ccccc3)c3ccccc3)c1)Cc1cc(C(C)(C)C)cc(c1OC)Cc1cc(C(C)(C)C)cc(c1OC)C2. The number of rotatable bonds is 11. The number of methoxy groups -OCH3 is 5. The molecule has 10 rings (SSSR count). The van der Waals surface area contributed by atoms with Gasteiger partial charge < -0.3 is 33.0 Å². The maximum Gasteiger partial charge on any atom is 0.171 e. The average Bonchev–Trinajstić information content (AvgIpc) is 0.775. The lowest BCUT2D eigenvalue weighted by Gasteiger charge is -2.28. The zero-order valence-electron chi connectivity index (χ0n) is 63.3. The van der Waals surface area contributed by atoms with Crippen LogP contribution in [0, 0.1) is 0 Å². The number of fused-ring (bicyclic) bond motifs is 12. The van der Waals surface area contributed by atoms with Crippen molar-refractivity contribution in [3.05, 3.63) is 263 Å². The quantitative estimate of drug-likeness (QED) is 0.119. The van der Waals surface area contributed by atoms with Crippen LogP contribution in [-0.4, -0.2) is 35.5 Å². The third-order valence-corrected chi connectivity index (χ3v) is 22.9. The Morgan fingerprint density at radius 3 is 0.673 bits per heavy atom. The number of ether oxygens (including phenoxy) is 6. The predicted molar refractivity (Wildman–Crippen MR) is 411 cm³/mol. The fourth-order valence-corrected chi connectivity index (χ4v) is 16.9. The van der Waals surface area contributed by atoms with Crippen LogP contribution < -0.4 is 44.3 Å². The topological polar surface area (TPSA) is 72.5 Å². The molecule has 0 unspecified atom stereocenters. The molecular weight excluding hydrogens is 1220 g/mol. The van der Waals surface area contributed by atoms with Gasteiger partial charge in [-0.1, -0.05) is 276 Å². The van der Waals surface area contributed by atoms with Crippen LogP contribution in [0.1, 0.15) is 230 Å². The highest BCUT2D eigenvalue weighted by molar-refractivity contribution is 7.85. The Bertz CT molecular complexity index is 4200. The second kappa shape index (κ2) is 28.0. The van der Waals surface area contributed by atoms with Crippen LogP contribution in [0.25, 0.3) is 0 Å². The van der Waals surface area contributed by atoms with E-state index in [-0.39, 0.29) is 39.1 Å². The third-order valence-electron chi connectivity index (χ3n) is 19.9. The van der Waals surface area contributed by atoms with E-state index in [0.29, 0.717) is 38.5 Å². The molecule has 0 aromatic heterocycles. The Morgan fingerprint density at radius 2 is 0.469 bits per heavy atom. The molecule has 0 radical (unpaired) electrons. The highest BCUT2D eigenvalue weighted by Crippen LogP contribution is 2.48. The van der Waals surface area contributed by atoms with Gasteiger partial charge in [0, 0.05) is 54.4 Å². The largest absolute Gasteiger partial charge is 0.496 e. The summed E-state index contributed by atoms with van der Waals surface area (Å²) < 4.78 is 57.4. The maximum atomic E-state index is 16.0. The molecule has 9 aromatic rings. The van der Waals surface area contributed by atoms with Crippen molar-refractivity contribution in [2.24, 2.45) is 0 Å². The van der Waals surface area contributed by atoms with Crippen LogP contribution >= 0.6 is 7.14 Å². The van der Waals surface area contributed by atoms with Gasteiger partial charge in [-0.2, -0.15) is 0 Å². The minimum absolute atomic E-state index is 0.186. The molecule has 12 bridgehead atoms. The third kappa shape index (κ3) is 15.5. The monoisotopic (exact) mass is 1330 g/mol. The van der Waals surface area contributed by atoms with E-state index in [4.69, 9.17) is 28.4 Å². The lowest BCUT2D eigenvalue weighted by molar-refractivity contribution is 0.300. The van der Waals surface area contributed by atoms with Gasteiger partial charge in [-0.25, -0.2) is 0 Å². The zero-order valence-corrected chi connectivity index (χ0v) is 64.2. The molecule has 0 atom stereocenters. The Kier molecular flexibility index (Phi) is 20.8. The molecule has 9 aromatic carbocycles. The van der Waals surface area contributed by atoms with Gasteiger partial charge in [0.2, 0.25) is 0 Å². The molecule has 0 amide bonds. The van der Waals surface area contributed by atoms with E-state index >= 15 is 4.57 Å². The number of hydrogen-bond donors (Lipinski definition) is 0. The molecule has 516 valence electrons. The van der Waals surface area contributed by atoms with E-state index in [2.05, 4.69) is 210 Å². The highest BCUT2D eigenvalue weighted by Gasteiger charge is 2.33. The van der Waals surface area contributed by atoms with Crippen LogP contribution in [-0.2, 0) is 82.2 Å². The summed E-state index contributed by atoms with van der Waals surface area (Å²) >= 11 is 0. The van der Waals surface area contributed by atoms with Crippen molar-refractivity contribution in [3.8, 4) is 34.5 Å². The Labute approximate surface area is 588 Å². The van der Waals surface area contributed by atoms with Crippen molar-refractivity contribution in [1.29, 1.82) is 0 Å². The Hall–Kier alpha value is -7.99. The van der Waals surface area contributed by atoms with Crippen molar-refractivity contribution >= 4 is 23.1 Å². The van der Waals surface area contributed by atoms with E-state index < -0.39 is 7.14 Å². The minimum Gasteiger partial charge on any atom is -0.496 e. The molecule has 0 saturated heterocycles. The van der Waals surface area contributed by atoms with Crippen LogP contribution in [0.2, 0.25) is 0 Å². The second-order valence-corrected chi connectivity index (χ2v) is 36.3. The highest BCUT2D eigenvalue weighted by atomic mass is 31.2. The first-order valence-electron chi connectivity index (χ1n) is 35.1. The fourth-order valence-electron chi connectivity index (χ4n) is 14.1. The summed E-state index contributed by atoms with van der Waals surface area (Å²) in [7, 11) is 5.78. The van der Waals surface area contributed by atoms with E-state index in [0.717, 1.165) is 123 Å². The molecule has 0 fully saturated rings. The molecule has 0 aliphatic heterocycles. The number of hydrogen-bond acceptors (Lipinski definition) is 7. The van der Waals surface area contributed by atoms with Crippen LogP contribution in [0.5, 0.6) is 34.5 Å². The van der Waals surface area contributed by atoms with Gasteiger partial charge in [-0.05, 0) is 144 Å². The van der Waals surface area contributed by atoms with E-state index in [1.165, 1.54) is 33.4 Å². The zero-order chi connectivity index (χ0) is 71.2. The first kappa shape index (κ1) is 72.7. The Balaban J connectivity index is 1.29. The summed E-state index contributed by atoms with van der Waals surface area (Å²) in [4.78, 5) is 0. The molecule has 0 heterocycles. The van der Waals surface area contributed by atoms with Gasteiger partial charge >= 0.3 is 0 Å². The smallest absolute Gasteiger partial charge is 0.171 e. The molecule has 0 N–H and O–H groups in total. The minimum atomic E-state index is -3.32. The van der Waals surface area contributed by atoms with Crippen LogP contribution in [0.4, 0.5) is 0 Å². The van der Waals surface area contributed by atoms with Crippen molar-refractivity contribution in [2.75, 3.05) is 35.5 Å². The van der Waals surface area contributed by atoms with Gasteiger partial charge in [-0.3, -0.25) is 0 Å². The molecule has 8 heteroatoms. The summed E-state index contributed by atoms with van der Waals surface area (Å²) in [5.41, 5.74) is 19.7. The number of benzene rings is 9. The summed E-state index contributed by atoms with van der Waals surface area (Å²) in [6.45, 7) is 41.6. The molecule has 0 saturated carbocycles. The van der Waals surface area contributed by atoms with E-state index in [1.807, 2.05) is 108 Å². The van der Waals surface area contributed by atoms with Gasteiger partial charge in [0.1, 0.15) is 41.1 Å². The lowest BCUT2D eigenvalue weighted by atomic mass is 9.79. The van der Waals surface area contributed by atoms with Gasteiger partial charge in [0.25, 0.3) is 0 Å². The van der Waals surface area contributed by atoms with E-state index in [1.54, 1.807) is 0 Å². The first-order chi connectivity index (χ1) is 46.0. The molecule has 0 spiro atoms. The normalized spacial score (nSPS) is 13.5. The van der Waals surface area contributed by atoms with Gasteiger partial charge in [-0.15, -0.1) is 0 Å². The van der Waals surface area contributed by atoms with Crippen LogP contribution in [0.15, 0.2) is 158 Å². The molecule has 7 nitrogen and oxygen atoms in total. The lowest BCUT2D eigenvalue weighted by Crippen LogP contribution is -2.25. The van der Waals surface area contributed by atoms with Crippen LogP contribution in [0.3, 0.4) is 0 Å². The van der Waals surface area contributed by atoms with Crippen molar-refractivity contribution < 1.29 is 33.0 Å². The summed E-state index contributed by atoms with van der Waals surface area (Å²) in [5.74, 6) is 5.03. The van der Waals surface area contributed by atoms with Crippen molar-refractivity contribution in [3.63, 3.8) is 0 Å². The Morgan fingerprint density at radius 1 is 0.265 bits per heavy atom. The molecular formula is C90H109O7P.